The van der Waals surface area contributed by atoms with E-state index in [1.807, 2.05) is 0 Å². The van der Waals surface area contributed by atoms with Crippen LogP contribution in [0.4, 0.5) is 74.6 Å². The molecule has 0 bridgehead atoms. The standard InChI is InChI=1S/C20H17F17O2/c1-9(2)39-11-7-5-4-6-10(11)12(38-3)8-13(21,22)14(23,24)15(25,26)16(27,28)17(29,30)18(31,32)19(33,34)20(35,36)37/h4-7,9,12H,8H2,1-3H3. The summed E-state index contributed by atoms with van der Waals surface area (Å²) in [6, 6.07) is 4.13. The summed E-state index contributed by atoms with van der Waals surface area (Å²) in [4.78, 5) is 0. The van der Waals surface area contributed by atoms with Gasteiger partial charge in [-0.1, -0.05) is 18.2 Å². The summed E-state index contributed by atoms with van der Waals surface area (Å²) in [5.74, 6) is -57.1. The van der Waals surface area contributed by atoms with Crippen LogP contribution in [0.1, 0.15) is 31.9 Å². The number of para-hydroxylation sites is 1. The molecule has 19 heteroatoms. The number of hydrogen-bond donors (Lipinski definition) is 0. The first-order chi connectivity index (χ1) is 17.1. The summed E-state index contributed by atoms with van der Waals surface area (Å²) < 4.78 is 239. The third-order valence-corrected chi connectivity index (χ3v) is 5.14. The van der Waals surface area contributed by atoms with Crippen molar-refractivity contribution in [3.8, 4) is 5.75 Å². The fraction of sp³-hybridized carbons (Fsp3) is 0.700. The third kappa shape index (κ3) is 5.42. The molecule has 39 heavy (non-hydrogen) atoms. The average Bonchev–Trinajstić information content (AvgIpc) is 2.76. The van der Waals surface area contributed by atoms with Crippen molar-refractivity contribution in [2.24, 2.45) is 0 Å². The quantitative estimate of drug-likeness (QED) is 0.220. The summed E-state index contributed by atoms with van der Waals surface area (Å²) in [6.45, 7) is 2.75. The minimum absolute atomic E-state index is 0.392. The molecule has 2 nitrogen and oxygen atoms in total. The van der Waals surface area contributed by atoms with E-state index in [0.717, 1.165) is 18.2 Å². The maximum atomic E-state index is 14.4. The summed E-state index contributed by atoms with van der Waals surface area (Å²) in [6.07, 6.45) is -13.7. The van der Waals surface area contributed by atoms with Crippen LogP contribution in [0.5, 0.6) is 5.75 Å². The average molecular weight is 612 g/mol. The predicted molar refractivity (Wildman–Crippen MR) is 97.3 cm³/mol. The van der Waals surface area contributed by atoms with Gasteiger partial charge in [-0.25, -0.2) is 0 Å². The lowest BCUT2D eigenvalue weighted by atomic mass is 9.87. The minimum atomic E-state index is -8.67. The number of ether oxygens (including phenoxy) is 2. The second kappa shape index (κ2) is 10.3. The van der Waals surface area contributed by atoms with Gasteiger partial charge >= 0.3 is 47.6 Å². The van der Waals surface area contributed by atoms with Gasteiger partial charge in [0.2, 0.25) is 0 Å². The Morgan fingerprint density at radius 2 is 0.974 bits per heavy atom. The van der Waals surface area contributed by atoms with Gasteiger partial charge in [0.25, 0.3) is 0 Å². The molecule has 0 saturated carbocycles. The van der Waals surface area contributed by atoms with Crippen molar-refractivity contribution in [2.75, 3.05) is 7.11 Å². The van der Waals surface area contributed by atoms with Gasteiger partial charge in [-0.3, -0.25) is 0 Å². The number of halogens is 17. The third-order valence-electron chi connectivity index (χ3n) is 5.14. The normalized spacial score (nSPS) is 16.0. The summed E-state index contributed by atoms with van der Waals surface area (Å²) >= 11 is 0. The van der Waals surface area contributed by atoms with E-state index in [1.165, 1.54) is 19.9 Å². The van der Waals surface area contributed by atoms with Gasteiger partial charge < -0.3 is 9.47 Å². The second-order valence-corrected chi connectivity index (χ2v) is 8.28. The summed E-state index contributed by atoms with van der Waals surface area (Å²) in [5.41, 5.74) is -0.596. The second-order valence-electron chi connectivity index (χ2n) is 8.28. The van der Waals surface area contributed by atoms with Crippen LogP contribution in [0.2, 0.25) is 0 Å². The number of rotatable bonds is 12. The lowest BCUT2D eigenvalue weighted by Crippen LogP contribution is -2.74. The summed E-state index contributed by atoms with van der Waals surface area (Å²) in [5, 5.41) is 0. The number of hydrogen-bond acceptors (Lipinski definition) is 2. The Morgan fingerprint density at radius 1 is 0.590 bits per heavy atom. The molecule has 1 unspecified atom stereocenters. The molecule has 0 aliphatic rings. The first kappa shape index (κ1) is 34.8. The number of alkyl halides is 17. The Morgan fingerprint density at radius 3 is 1.36 bits per heavy atom. The van der Waals surface area contributed by atoms with Crippen LogP contribution >= 0.6 is 0 Å². The van der Waals surface area contributed by atoms with Crippen molar-refractivity contribution >= 4 is 0 Å². The van der Waals surface area contributed by atoms with Crippen molar-refractivity contribution in [1.82, 2.24) is 0 Å². The van der Waals surface area contributed by atoms with Crippen LogP contribution < -0.4 is 4.74 Å². The van der Waals surface area contributed by atoms with E-state index in [-0.39, 0.29) is 0 Å². The Kier molecular flexibility index (Phi) is 9.21. The number of benzene rings is 1. The molecule has 0 radical (unpaired) electrons. The molecule has 0 aliphatic carbocycles. The van der Waals surface area contributed by atoms with Crippen molar-refractivity contribution in [2.45, 2.75) is 80.1 Å². The molecule has 0 aromatic heterocycles. The highest BCUT2D eigenvalue weighted by Gasteiger charge is 2.95. The van der Waals surface area contributed by atoms with Crippen molar-refractivity contribution in [3.63, 3.8) is 0 Å². The predicted octanol–water partition coefficient (Wildman–Crippen LogP) is 8.56. The highest BCUT2D eigenvalue weighted by Crippen LogP contribution is 2.64. The van der Waals surface area contributed by atoms with Crippen LogP contribution in [0.25, 0.3) is 0 Å². The molecule has 0 saturated heterocycles. The molecule has 228 valence electrons. The smallest absolute Gasteiger partial charge is 0.460 e. The molecule has 1 aromatic carbocycles. The molecule has 0 amide bonds. The molecule has 0 fully saturated rings. The van der Waals surface area contributed by atoms with Crippen LogP contribution in [0.3, 0.4) is 0 Å². The van der Waals surface area contributed by atoms with E-state index in [4.69, 9.17) is 4.74 Å². The minimum Gasteiger partial charge on any atom is -0.491 e. The van der Waals surface area contributed by atoms with E-state index in [0.29, 0.717) is 7.11 Å². The van der Waals surface area contributed by atoms with E-state index in [2.05, 4.69) is 4.74 Å². The van der Waals surface area contributed by atoms with E-state index in [1.54, 1.807) is 0 Å². The fourth-order valence-corrected chi connectivity index (χ4v) is 2.99. The zero-order chi connectivity index (χ0) is 31.3. The molecule has 1 rings (SSSR count). The van der Waals surface area contributed by atoms with Gasteiger partial charge in [-0.05, 0) is 19.9 Å². The zero-order valence-corrected chi connectivity index (χ0v) is 19.4. The van der Waals surface area contributed by atoms with Gasteiger partial charge in [0.15, 0.2) is 0 Å². The van der Waals surface area contributed by atoms with E-state index < -0.39 is 77.6 Å². The molecule has 0 N–H and O–H groups in total. The Balaban J connectivity index is 3.62. The highest BCUT2D eigenvalue weighted by atomic mass is 19.4. The lowest BCUT2D eigenvalue weighted by molar-refractivity contribution is -0.462. The van der Waals surface area contributed by atoms with Crippen molar-refractivity contribution in [1.29, 1.82) is 0 Å². The SMILES string of the molecule is COC(CC(F)(F)C(F)(F)C(F)(F)C(F)(F)C(F)(F)C(F)(F)C(F)(F)C(F)(F)F)c1ccccc1OC(C)C. The first-order valence-corrected chi connectivity index (χ1v) is 10.1. The Hall–Kier alpha value is -2.21. The van der Waals surface area contributed by atoms with Gasteiger partial charge in [0.05, 0.1) is 12.2 Å². The van der Waals surface area contributed by atoms with Crippen LogP contribution in [-0.2, 0) is 4.74 Å². The Bertz CT molecular complexity index is 985. The van der Waals surface area contributed by atoms with Crippen molar-refractivity contribution in [3.05, 3.63) is 29.8 Å². The van der Waals surface area contributed by atoms with E-state index >= 15 is 0 Å². The molecule has 0 spiro atoms. The highest BCUT2D eigenvalue weighted by molar-refractivity contribution is 5.36. The molecule has 0 heterocycles. The maximum Gasteiger partial charge on any atom is 0.460 e. The van der Waals surface area contributed by atoms with Gasteiger partial charge in [0, 0.05) is 19.1 Å². The number of methoxy groups -OCH3 is 1. The molecule has 1 aromatic rings. The van der Waals surface area contributed by atoms with Gasteiger partial charge in [-0.2, -0.15) is 74.6 Å². The Labute approximate surface area is 208 Å². The lowest BCUT2D eigenvalue weighted by Gasteiger charge is -2.43. The largest absolute Gasteiger partial charge is 0.491 e. The summed E-state index contributed by atoms with van der Waals surface area (Å²) in [7, 11) is 0.520. The van der Waals surface area contributed by atoms with Crippen LogP contribution in [0, 0.1) is 0 Å². The first-order valence-electron chi connectivity index (χ1n) is 10.1. The van der Waals surface area contributed by atoms with Crippen LogP contribution in [0.15, 0.2) is 24.3 Å². The zero-order valence-electron chi connectivity index (χ0n) is 19.4. The van der Waals surface area contributed by atoms with Gasteiger partial charge in [-0.15, -0.1) is 0 Å². The van der Waals surface area contributed by atoms with Gasteiger partial charge in [0.1, 0.15) is 5.75 Å². The molecule has 1 atom stereocenters. The molecule has 0 aliphatic heterocycles. The maximum absolute atomic E-state index is 14.4. The van der Waals surface area contributed by atoms with E-state index in [9.17, 15) is 74.6 Å². The monoisotopic (exact) mass is 612 g/mol. The fourth-order valence-electron chi connectivity index (χ4n) is 2.99. The van der Waals surface area contributed by atoms with Crippen molar-refractivity contribution < 1.29 is 84.1 Å². The topological polar surface area (TPSA) is 18.5 Å². The molecular formula is C20H17F17O2. The molecular weight excluding hydrogens is 595 g/mol. The van der Waals surface area contributed by atoms with Crippen LogP contribution in [-0.4, -0.2) is 60.8 Å².